The average Bonchev–Trinajstić information content (AvgIpc) is 2.32. The minimum Gasteiger partial charge on any atom is -0.382 e. The predicted molar refractivity (Wildman–Crippen MR) is 75.7 cm³/mol. The number of hydrogen-bond acceptors (Lipinski definition) is 1. The fourth-order valence-corrected chi connectivity index (χ4v) is 2.87. The van der Waals surface area contributed by atoms with E-state index in [0.717, 1.165) is 16.9 Å². The van der Waals surface area contributed by atoms with Crippen molar-refractivity contribution >= 4 is 17.3 Å². The zero-order valence-electron chi connectivity index (χ0n) is 10.7. The van der Waals surface area contributed by atoms with Crippen molar-refractivity contribution in [2.45, 2.75) is 45.6 Å². The molecule has 1 aliphatic carbocycles. The van der Waals surface area contributed by atoms with E-state index < -0.39 is 0 Å². The van der Waals surface area contributed by atoms with Crippen molar-refractivity contribution in [3.05, 3.63) is 29.3 Å². The van der Waals surface area contributed by atoms with Crippen molar-refractivity contribution < 1.29 is 0 Å². The second-order valence-electron chi connectivity index (χ2n) is 5.52. The zero-order chi connectivity index (χ0) is 12.3. The Hall–Kier alpha value is -0.690. The number of rotatable bonds is 3. The highest BCUT2D eigenvalue weighted by Crippen LogP contribution is 2.31. The van der Waals surface area contributed by atoms with Gasteiger partial charge in [-0.05, 0) is 48.9 Å². The van der Waals surface area contributed by atoms with Gasteiger partial charge in [-0.3, -0.25) is 0 Å². The maximum Gasteiger partial charge on any atom is 0.0407 e. The SMILES string of the molecule is CC(C)C1CCCC(Nc2ccc(Cl)cc2)C1. The van der Waals surface area contributed by atoms with Gasteiger partial charge in [0.05, 0.1) is 0 Å². The molecule has 2 atom stereocenters. The van der Waals surface area contributed by atoms with Crippen molar-refractivity contribution in [3.8, 4) is 0 Å². The summed E-state index contributed by atoms with van der Waals surface area (Å²) in [7, 11) is 0. The fraction of sp³-hybridized carbons (Fsp3) is 0.600. The van der Waals surface area contributed by atoms with E-state index in [2.05, 4.69) is 31.3 Å². The average molecular weight is 252 g/mol. The highest BCUT2D eigenvalue weighted by atomic mass is 35.5. The second-order valence-corrected chi connectivity index (χ2v) is 5.96. The Kier molecular flexibility index (Phi) is 4.33. The summed E-state index contributed by atoms with van der Waals surface area (Å²) in [4.78, 5) is 0. The van der Waals surface area contributed by atoms with E-state index >= 15 is 0 Å². The minimum absolute atomic E-state index is 0.636. The van der Waals surface area contributed by atoms with Gasteiger partial charge in [0, 0.05) is 16.8 Å². The second kappa shape index (κ2) is 5.77. The minimum atomic E-state index is 0.636. The third-order valence-electron chi connectivity index (χ3n) is 3.87. The molecule has 2 rings (SSSR count). The van der Waals surface area contributed by atoms with Crippen LogP contribution >= 0.6 is 11.6 Å². The Morgan fingerprint density at radius 2 is 1.88 bits per heavy atom. The molecule has 0 bridgehead atoms. The summed E-state index contributed by atoms with van der Waals surface area (Å²) in [5.74, 6) is 1.69. The molecule has 0 aromatic heterocycles. The summed E-state index contributed by atoms with van der Waals surface area (Å²) < 4.78 is 0. The molecule has 1 N–H and O–H groups in total. The van der Waals surface area contributed by atoms with E-state index in [4.69, 9.17) is 11.6 Å². The van der Waals surface area contributed by atoms with Crippen molar-refractivity contribution in [3.63, 3.8) is 0 Å². The molecule has 1 aliphatic rings. The molecule has 0 radical (unpaired) electrons. The number of nitrogens with one attached hydrogen (secondary N) is 1. The van der Waals surface area contributed by atoms with Crippen LogP contribution in [0.25, 0.3) is 0 Å². The Bertz CT molecular complexity index is 344. The smallest absolute Gasteiger partial charge is 0.0407 e. The van der Waals surface area contributed by atoms with Crippen LogP contribution in [0.3, 0.4) is 0 Å². The predicted octanol–water partition coefficient (Wildman–Crippen LogP) is 4.97. The standard InChI is InChI=1S/C15H22ClN/c1-11(2)12-4-3-5-15(10-12)17-14-8-6-13(16)7-9-14/h6-9,11-12,15,17H,3-5,10H2,1-2H3. The quantitative estimate of drug-likeness (QED) is 0.800. The first-order chi connectivity index (χ1) is 8.15. The van der Waals surface area contributed by atoms with Crippen LogP contribution in [0.2, 0.25) is 5.02 Å². The molecule has 1 aromatic carbocycles. The van der Waals surface area contributed by atoms with Crippen LogP contribution in [0.15, 0.2) is 24.3 Å². The lowest BCUT2D eigenvalue weighted by molar-refractivity contribution is 0.264. The Labute approximate surface area is 110 Å². The molecule has 0 amide bonds. The normalized spacial score (nSPS) is 24.9. The molecule has 0 saturated heterocycles. The van der Waals surface area contributed by atoms with Gasteiger partial charge in [-0.15, -0.1) is 0 Å². The maximum atomic E-state index is 5.89. The van der Waals surface area contributed by atoms with Crippen LogP contribution in [-0.4, -0.2) is 6.04 Å². The summed E-state index contributed by atoms with van der Waals surface area (Å²) in [6, 6.07) is 8.68. The maximum absolute atomic E-state index is 5.89. The van der Waals surface area contributed by atoms with Gasteiger partial charge < -0.3 is 5.32 Å². The molecular weight excluding hydrogens is 230 g/mol. The molecule has 0 aliphatic heterocycles. The van der Waals surface area contributed by atoms with Gasteiger partial charge in [-0.1, -0.05) is 38.3 Å². The van der Waals surface area contributed by atoms with Crippen LogP contribution < -0.4 is 5.32 Å². The van der Waals surface area contributed by atoms with Crippen molar-refractivity contribution in [2.75, 3.05) is 5.32 Å². The van der Waals surface area contributed by atoms with Crippen LogP contribution in [0, 0.1) is 11.8 Å². The largest absolute Gasteiger partial charge is 0.382 e. The topological polar surface area (TPSA) is 12.0 Å². The third-order valence-corrected chi connectivity index (χ3v) is 4.12. The van der Waals surface area contributed by atoms with Gasteiger partial charge in [-0.25, -0.2) is 0 Å². The number of anilines is 1. The van der Waals surface area contributed by atoms with Crippen LogP contribution in [0.1, 0.15) is 39.5 Å². The highest BCUT2D eigenvalue weighted by Gasteiger charge is 2.23. The van der Waals surface area contributed by atoms with Gasteiger partial charge >= 0.3 is 0 Å². The molecule has 1 nitrogen and oxygen atoms in total. The van der Waals surface area contributed by atoms with E-state index in [9.17, 15) is 0 Å². The number of benzene rings is 1. The van der Waals surface area contributed by atoms with Crippen molar-refractivity contribution in [1.82, 2.24) is 0 Å². The third kappa shape index (κ3) is 3.64. The lowest BCUT2D eigenvalue weighted by Gasteiger charge is -2.32. The summed E-state index contributed by atoms with van der Waals surface area (Å²) in [5.41, 5.74) is 1.20. The highest BCUT2D eigenvalue weighted by molar-refractivity contribution is 6.30. The number of halogens is 1. The summed E-state index contributed by atoms with van der Waals surface area (Å²) in [6.07, 6.45) is 5.36. The van der Waals surface area contributed by atoms with Crippen molar-refractivity contribution in [2.24, 2.45) is 11.8 Å². The van der Waals surface area contributed by atoms with E-state index in [1.165, 1.54) is 31.4 Å². The van der Waals surface area contributed by atoms with E-state index in [1.807, 2.05) is 12.1 Å². The van der Waals surface area contributed by atoms with Gasteiger partial charge in [0.1, 0.15) is 0 Å². The molecule has 94 valence electrons. The van der Waals surface area contributed by atoms with E-state index in [-0.39, 0.29) is 0 Å². The Balaban J connectivity index is 1.92. The molecule has 2 heteroatoms. The lowest BCUT2D eigenvalue weighted by Crippen LogP contribution is -2.29. The zero-order valence-corrected chi connectivity index (χ0v) is 11.5. The van der Waals surface area contributed by atoms with Gasteiger partial charge in [-0.2, -0.15) is 0 Å². The van der Waals surface area contributed by atoms with Crippen LogP contribution in [-0.2, 0) is 0 Å². The molecule has 1 fully saturated rings. The number of hydrogen-bond donors (Lipinski definition) is 1. The molecular formula is C15H22ClN. The summed E-state index contributed by atoms with van der Waals surface area (Å²) in [6.45, 7) is 4.69. The lowest BCUT2D eigenvalue weighted by atomic mass is 9.79. The van der Waals surface area contributed by atoms with E-state index in [1.54, 1.807) is 0 Å². The monoisotopic (exact) mass is 251 g/mol. The van der Waals surface area contributed by atoms with Crippen molar-refractivity contribution in [1.29, 1.82) is 0 Å². The fourth-order valence-electron chi connectivity index (χ4n) is 2.75. The first kappa shape index (κ1) is 12.8. The first-order valence-corrected chi connectivity index (χ1v) is 7.05. The van der Waals surface area contributed by atoms with Gasteiger partial charge in [0.15, 0.2) is 0 Å². The van der Waals surface area contributed by atoms with E-state index in [0.29, 0.717) is 6.04 Å². The van der Waals surface area contributed by atoms with Gasteiger partial charge in [0.2, 0.25) is 0 Å². The first-order valence-electron chi connectivity index (χ1n) is 6.67. The molecule has 17 heavy (non-hydrogen) atoms. The molecule has 1 saturated carbocycles. The van der Waals surface area contributed by atoms with Crippen LogP contribution in [0.4, 0.5) is 5.69 Å². The van der Waals surface area contributed by atoms with Gasteiger partial charge in [0.25, 0.3) is 0 Å². The molecule has 2 unspecified atom stereocenters. The Morgan fingerprint density at radius 1 is 1.18 bits per heavy atom. The molecule has 1 aromatic rings. The molecule has 0 spiro atoms. The summed E-state index contributed by atoms with van der Waals surface area (Å²) in [5, 5.41) is 4.44. The molecule has 0 heterocycles. The Morgan fingerprint density at radius 3 is 2.53 bits per heavy atom. The summed E-state index contributed by atoms with van der Waals surface area (Å²) >= 11 is 5.89. The van der Waals surface area contributed by atoms with Crippen LogP contribution in [0.5, 0.6) is 0 Å².